The van der Waals surface area contributed by atoms with Gasteiger partial charge in [0.05, 0.1) is 32.4 Å². The molecule has 0 spiro atoms. The van der Waals surface area contributed by atoms with Crippen LogP contribution in [0.15, 0.2) is 78.9 Å². The van der Waals surface area contributed by atoms with E-state index in [0.717, 1.165) is 0 Å². The molecular formula is C29H22N2O6. The molecule has 3 aromatic carbocycles. The van der Waals surface area contributed by atoms with Crippen molar-refractivity contribution >= 4 is 28.6 Å². The Kier molecular flexibility index (Phi) is 6.15. The number of methoxy groups -OCH3 is 3. The number of para-hydroxylation sites is 1. The molecule has 8 heteroatoms. The number of rotatable bonds is 6. The smallest absolute Gasteiger partial charge is 0.356 e. The molecule has 0 saturated carbocycles. The summed E-state index contributed by atoms with van der Waals surface area (Å²) in [5.74, 6) is -1.21. The monoisotopic (exact) mass is 494 g/mol. The summed E-state index contributed by atoms with van der Waals surface area (Å²) < 4.78 is 17.0. The standard InChI is InChI=1S/C29H22N2O6/c1-35-19-15-13-18(14-16-19)31-25(29(34)37-3)24(28(33)36-2)23(26(32)17-9-5-4-6-10-17)22-20-11-7-8-12-21(20)30-27(22)31/h4-16H,1-3H3. The number of benzene rings is 3. The Morgan fingerprint density at radius 3 is 2.03 bits per heavy atom. The van der Waals surface area contributed by atoms with Crippen LogP contribution in [0.3, 0.4) is 0 Å². The van der Waals surface area contributed by atoms with Crippen molar-refractivity contribution in [3.05, 3.63) is 101 Å². The molecule has 2 aliphatic heterocycles. The lowest BCUT2D eigenvalue weighted by Gasteiger charge is -2.23. The van der Waals surface area contributed by atoms with E-state index < -0.39 is 17.7 Å². The highest BCUT2D eigenvalue weighted by atomic mass is 16.5. The second-order valence-corrected chi connectivity index (χ2v) is 8.14. The van der Waals surface area contributed by atoms with Crippen LogP contribution in [0.2, 0.25) is 0 Å². The second-order valence-electron chi connectivity index (χ2n) is 8.14. The normalized spacial score (nSPS) is 10.9. The summed E-state index contributed by atoms with van der Waals surface area (Å²) >= 11 is 0. The van der Waals surface area contributed by atoms with Crippen LogP contribution in [0.4, 0.5) is 0 Å². The minimum absolute atomic E-state index is 0.0203. The van der Waals surface area contributed by atoms with E-state index in [1.54, 1.807) is 67.8 Å². The van der Waals surface area contributed by atoms with Gasteiger partial charge in [-0.25, -0.2) is 14.6 Å². The Morgan fingerprint density at radius 1 is 0.730 bits per heavy atom. The highest BCUT2D eigenvalue weighted by Crippen LogP contribution is 2.41. The molecule has 37 heavy (non-hydrogen) atoms. The summed E-state index contributed by atoms with van der Waals surface area (Å²) in [4.78, 5) is 45.5. The average molecular weight is 495 g/mol. The van der Waals surface area contributed by atoms with Crippen LogP contribution in [0.5, 0.6) is 5.75 Å². The molecule has 2 aliphatic rings. The largest absolute Gasteiger partial charge is 0.497 e. The van der Waals surface area contributed by atoms with Gasteiger partial charge in [-0.15, -0.1) is 0 Å². The maximum atomic E-state index is 14.0. The zero-order valence-electron chi connectivity index (χ0n) is 20.3. The van der Waals surface area contributed by atoms with Gasteiger partial charge >= 0.3 is 11.9 Å². The van der Waals surface area contributed by atoms with Crippen LogP contribution >= 0.6 is 0 Å². The van der Waals surface area contributed by atoms with Gasteiger partial charge in [-0.05, 0) is 30.3 Å². The number of hydrogen-bond donors (Lipinski definition) is 0. The van der Waals surface area contributed by atoms with Gasteiger partial charge in [0.1, 0.15) is 22.8 Å². The summed E-state index contributed by atoms with van der Waals surface area (Å²) in [7, 11) is 3.95. The molecule has 0 aliphatic carbocycles. The van der Waals surface area contributed by atoms with E-state index in [-0.39, 0.29) is 16.8 Å². The highest BCUT2D eigenvalue weighted by Gasteiger charge is 2.37. The molecule has 0 radical (unpaired) electrons. The fourth-order valence-electron chi connectivity index (χ4n) is 4.48. The maximum absolute atomic E-state index is 14.0. The maximum Gasteiger partial charge on any atom is 0.356 e. The van der Waals surface area contributed by atoms with Gasteiger partial charge < -0.3 is 14.2 Å². The molecule has 0 bridgehead atoms. The number of carbonyl (C=O) groups is 3. The number of pyridine rings is 1. The number of ether oxygens (including phenoxy) is 3. The van der Waals surface area contributed by atoms with Crippen molar-refractivity contribution in [3.8, 4) is 22.8 Å². The lowest BCUT2D eigenvalue weighted by atomic mass is 9.90. The van der Waals surface area contributed by atoms with Crippen molar-refractivity contribution in [3.63, 3.8) is 0 Å². The zero-order valence-corrected chi connectivity index (χ0v) is 20.3. The molecule has 0 N–H and O–H groups in total. The number of ketones is 1. The van der Waals surface area contributed by atoms with Gasteiger partial charge in [-0.3, -0.25) is 9.36 Å². The van der Waals surface area contributed by atoms with E-state index in [1.807, 2.05) is 18.2 Å². The van der Waals surface area contributed by atoms with Crippen molar-refractivity contribution in [2.24, 2.45) is 0 Å². The first-order valence-corrected chi connectivity index (χ1v) is 11.4. The SMILES string of the molecule is COC(=O)c1c(C(=O)c2ccccc2)c2c3ccccc3nc-2n(-c2ccc(OC)cc2)c1C(=O)OC. The van der Waals surface area contributed by atoms with Crippen LogP contribution in [-0.2, 0) is 9.47 Å². The van der Waals surface area contributed by atoms with Crippen molar-refractivity contribution in [1.82, 2.24) is 9.55 Å². The van der Waals surface area contributed by atoms with Crippen LogP contribution in [0, 0.1) is 0 Å². The first-order valence-electron chi connectivity index (χ1n) is 11.4. The fraction of sp³-hybridized carbons (Fsp3) is 0.103. The minimum Gasteiger partial charge on any atom is -0.497 e. The van der Waals surface area contributed by atoms with Gasteiger partial charge in [0.2, 0.25) is 0 Å². The first kappa shape index (κ1) is 23.7. The number of carbonyl (C=O) groups excluding carboxylic acids is 3. The van der Waals surface area contributed by atoms with Crippen LogP contribution < -0.4 is 4.74 Å². The number of aromatic nitrogens is 2. The van der Waals surface area contributed by atoms with E-state index in [9.17, 15) is 14.4 Å². The average Bonchev–Trinajstić information content (AvgIpc) is 3.34. The number of esters is 2. The topological polar surface area (TPSA) is 96.7 Å². The van der Waals surface area contributed by atoms with Gasteiger partial charge in [-0.2, -0.15) is 0 Å². The van der Waals surface area contributed by atoms with E-state index in [2.05, 4.69) is 0 Å². The quantitative estimate of drug-likeness (QED) is 0.244. The summed E-state index contributed by atoms with van der Waals surface area (Å²) in [6, 6.07) is 22.7. The Balaban J connectivity index is 2.02. The molecule has 0 aromatic heterocycles. The number of nitrogens with zero attached hydrogens (tertiary/aromatic N) is 2. The van der Waals surface area contributed by atoms with Crippen LogP contribution in [0.1, 0.15) is 36.8 Å². The molecular weight excluding hydrogens is 472 g/mol. The first-order chi connectivity index (χ1) is 18.0. The number of fused-ring (bicyclic) bond motifs is 3. The predicted octanol–water partition coefficient (Wildman–Crippen LogP) is 4.94. The molecule has 5 rings (SSSR count). The summed E-state index contributed by atoms with van der Waals surface area (Å²) in [6.45, 7) is 0. The molecule has 2 heterocycles. The molecule has 184 valence electrons. The van der Waals surface area contributed by atoms with E-state index in [1.165, 1.54) is 18.8 Å². The van der Waals surface area contributed by atoms with E-state index in [0.29, 0.717) is 39.3 Å². The van der Waals surface area contributed by atoms with Crippen LogP contribution in [0.25, 0.3) is 28.0 Å². The van der Waals surface area contributed by atoms with Crippen molar-refractivity contribution in [2.75, 3.05) is 21.3 Å². The zero-order chi connectivity index (χ0) is 26.1. The molecule has 8 nitrogen and oxygen atoms in total. The predicted molar refractivity (Wildman–Crippen MR) is 137 cm³/mol. The van der Waals surface area contributed by atoms with Crippen molar-refractivity contribution in [2.45, 2.75) is 0 Å². The molecule has 0 amide bonds. The third-order valence-electron chi connectivity index (χ3n) is 6.16. The highest BCUT2D eigenvalue weighted by molar-refractivity contribution is 6.23. The molecule has 0 unspecified atom stereocenters. The Hall–Kier alpha value is -4.98. The lowest BCUT2D eigenvalue weighted by molar-refractivity contribution is 0.0545. The van der Waals surface area contributed by atoms with E-state index >= 15 is 0 Å². The molecule has 0 atom stereocenters. The Morgan fingerprint density at radius 2 is 1.38 bits per heavy atom. The van der Waals surface area contributed by atoms with Gasteiger partial charge in [0.25, 0.3) is 0 Å². The van der Waals surface area contributed by atoms with Gasteiger partial charge in [-0.1, -0.05) is 48.5 Å². The third kappa shape index (κ3) is 3.88. The van der Waals surface area contributed by atoms with Gasteiger partial charge in [0.15, 0.2) is 5.78 Å². The Bertz CT molecular complexity index is 1620. The van der Waals surface area contributed by atoms with Crippen molar-refractivity contribution in [1.29, 1.82) is 0 Å². The lowest BCUT2D eigenvalue weighted by Crippen LogP contribution is -2.25. The second kappa shape index (κ2) is 9.58. The molecule has 0 saturated heterocycles. The summed E-state index contributed by atoms with van der Waals surface area (Å²) in [6.07, 6.45) is 0. The summed E-state index contributed by atoms with van der Waals surface area (Å²) in [5, 5.41) is 0.653. The molecule has 3 aromatic rings. The number of hydrogen-bond acceptors (Lipinski definition) is 7. The van der Waals surface area contributed by atoms with Crippen molar-refractivity contribution < 1.29 is 28.6 Å². The van der Waals surface area contributed by atoms with E-state index in [4.69, 9.17) is 19.2 Å². The van der Waals surface area contributed by atoms with Crippen LogP contribution in [-0.4, -0.2) is 48.6 Å². The van der Waals surface area contributed by atoms with Gasteiger partial charge in [0, 0.05) is 22.2 Å². The fourth-order valence-corrected chi connectivity index (χ4v) is 4.48. The molecule has 0 fully saturated rings. The Labute approximate surface area is 212 Å². The third-order valence-corrected chi connectivity index (χ3v) is 6.16. The summed E-state index contributed by atoms with van der Waals surface area (Å²) in [5.41, 5.74) is 1.52. The minimum atomic E-state index is -0.853.